The molecule has 0 spiro atoms. The standard InChI is InChI=1S/C16H18FN/c1-9-7-10(2)12(4)16(11(9)3)14-8-13(18)5-6-15(14)17/h5-8H,18H2,1-4H3. The van der Waals surface area contributed by atoms with Crippen molar-refractivity contribution in [2.75, 3.05) is 5.73 Å². The molecule has 0 atom stereocenters. The molecule has 0 heterocycles. The van der Waals surface area contributed by atoms with Crippen molar-refractivity contribution in [2.45, 2.75) is 27.7 Å². The second-order valence-corrected chi connectivity index (χ2v) is 4.87. The molecule has 94 valence electrons. The summed E-state index contributed by atoms with van der Waals surface area (Å²) in [5, 5.41) is 0. The van der Waals surface area contributed by atoms with Crippen LogP contribution in [0.4, 0.5) is 10.1 Å². The molecule has 0 bridgehead atoms. The monoisotopic (exact) mass is 243 g/mol. The smallest absolute Gasteiger partial charge is 0.131 e. The van der Waals surface area contributed by atoms with Crippen LogP contribution in [0.15, 0.2) is 24.3 Å². The third-order valence-corrected chi connectivity index (χ3v) is 3.63. The molecule has 0 saturated carbocycles. The molecule has 2 rings (SSSR count). The van der Waals surface area contributed by atoms with Crippen molar-refractivity contribution in [1.29, 1.82) is 0 Å². The molecule has 0 aliphatic heterocycles. The zero-order valence-electron chi connectivity index (χ0n) is 11.3. The average molecular weight is 243 g/mol. The molecular weight excluding hydrogens is 225 g/mol. The molecule has 2 aromatic carbocycles. The van der Waals surface area contributed by atoms with Crippen molar-refractivity contribution >= 4 is 5.69 Å². The number of aryl methyl sites for hydroxylation is 2. The van der Waals surface area contributed by atoms with Crippen molar-refractivity contribution in [2.24, 2.45) is 0 Å². The minimum Gasteiger partial charge on any atom is -0.399 e. The van der Waals surface area contributed by atoms with Crippen LogP contribution in [-0.2, 0) is 0 Å². The number of nitrogen functional groups attached to an aromatic ring is 1. The van der Waals surface area contributed by atoms with Crippen LogP contribution in [0.2, 0.25) is 0 Å². The van der Waals surface area contributed by atoms with Gasteiger partial charge >= 0.3 is 0 Å². The lowest BCUT2D eigenvalue weighted by Gasteiger charge is -2.16. The van der Waals surface area contributed by atoms with Crippen molar-refractivity contribution in [1.82, 2.24) is 0 Å². The van der Waals surface area contributed by atoms with Crippen LogP contribution in [0.3, 0.4) is 0 Å². The second-order valence-electron chi connectivity index (χ2n) is 4.87. The Kier molecular flexibility index (Phi) is 3.12. The molecule has 2 heteroatoms. The van der Waals surface area contributed by atoms with E-state index in [0.717, 1.165) is 16.7 Å². The highest BCUT2D eigenvalue weighted by Crippen LogP contribution is 2.34. The van der Waals surface area contributed by atoms with Crippen molar-refractivity contribution in [3.8, 4) is 11.1 Å². The zero-order chi connectivity index (χ0) is 13.4. The summed E-state index contributed by atoms with van der Waals surface area (Å²) < 4.78 is 14.0. The van der Waals surface area contributed by atoms with E-state index in [9.17, 15) is 4.39 Å². The molecule has 2 N–H and O–H groups in total. The van der Waals surface area contributed by atoms with Gasteiger partial charge < -0.3 is 5.73 Å². The molecule has 0 aromatic heterocycles. The zero-order valence-corrected chi connectivity index (χ0v) is 11.3. The molecule has 0 aliphatic rings. The van der Waals surface area contributed by atoms with Gasteiger partial charge in [0.05, 0.1) is 0 Å². The SMILES string of the molecule is Cc1cc(C)c(C)c(-c2cc(N)ccc2F)c1C. The number of anilines is 1. The third-order valence-electron chi connectivity index (χ3n) is 3.63. The van der Waals surface area contributed by atoms with E-state index in [2.05, 4.69) is 19.9 Å². The second kappa shape index (κ2) is 4.45. The fourth-order valence-corrected chi connectivity index (χ4v) is 2.36. The molecule has 0 saturated heterocycles. The Hall–Kier alpha value is -1.83. The molecule has 18 heavy (non-hydrogen) atoms. The fourth-order valence-electron chi connectivity index (χ4n) is 2.36. The number of hydrogen-bond acceptors (Lipinski definition) is 1. The Morgan fingerprint density at radius 3 is 2.00 bits per heavy atom. The summed E-state index contributed by atoms with van der Waals surface area (Å²) in [5.74, 6) is -0.222. The first kappa shape index (κ1) is 12.6. The summed E-state index contributed by atoms with van der Waals surface area (Å²) in [5.41, 5.74) is 12.5. The van der Waals surface area contributed by atoms with E-state index in [0.29, 0.717) is 11.3 Å². The molecule has 0 aliphatic carbocycles. The third kappa shape index (κ3) is 1.99. The molecule has 1 nitrogen and oxygen atoms in total. The summed E-state index contributed by atoms with van der Waals surface area (Å²) in [6.45, 7) is 8.16. The highest BCUT2D eigenvalue weighted by molar-refractivity contribution is 5.76. The predicted molar refractivity (Wildman–Crippen MR) is 75.2 cm³/mol. The van der Waals surface area contributed by atoms with E-state index < -0.39 is 0 Å². The largest absolute Gasteiger partial charge is 0.399 e. The molecule has 0 amide bonds. The van der Waals surface area contributed by atoms with Gasteiger partial charge in [-0.25, -0.2) is 4.39 Å². The molecule has 0 unspecified atom stereocenters. The van der Waals surface area contributed by atoms with Gasteiger partial charge in [0.15, 0.2) is 0 Å². The Labute approximate surface area is 107 Å². The van der Waals surface area contributed by atoms with Crippen molar-refractivity contribution in [3.05, 3.63) is 52.3 Å². The van der Waals surface area contributed by atoms with E-state index in [4.69, 9.17) is 5.73 Å². The average Bonchev–Trinajstić information content (AvgIpc) is 2.31. The predicted octanol–water partition coefficient (Wildman–Crippen LogP) is 4.31. The van der Waals surface area contributed by atoms with E-state index in [1.165, 1.54) is 17.2 Å². The first-order valence-electron chi connectivity index (χ1n) is 6.04. The maximum Gasteiger partial charge on any atom is 0.131 e. The van der Waals surface area contributed by atoms with Gasteiger partial charge in [-0.3, -0.25) is 0 Å². The topological polar surface area (TPSA) is 26.0 Å². The summed E-state index contributed by atoms with van der Waals surface area (Å²) in [4.78, 5) is 0. The van der Waals surface area contributed by atoms with Gasteiger partial charge in [0.25, 0.3) is 0 Å². The van der Waals surface area contributed by atoms with Gasteiger partial charge in [-0.15, -0.1) is 0 Å². The van der Waals surface area contributed by atoms with Crippen LogP contribution in [0.1, 0.15) is 22.3 Å². The summed E-state index contributed by atoms with van der Waals surface area (Å²) in [6.07, 6.45) is 0. The van der Waals surface area contributed by atoms with Gasteiger partial charge in [-0.2, -0.15) is 0 Å². The van der Waals surface area contributed by atoms with E-state index in [1.54, 1.807) is 12.1 Å². The molecule has 0 radical (unpaired) electrons. The fraction of sp³-hybridized carbons (Fsp3) is 0.250. The molecule has 0 fully saturated rings. The minimum atomic E-state index is -0.222. The lowest BCUT2D eigenvalue weighted by molar-refractivity contribution is 0.631. The highest BCUT2D eigenvalue weighted by atomic mass is 19.1. The van der Waals surface area contributed by atoms with Gasteiger partial charge in [0.1, 0.15) is 5.82 Å². The van der Waals surface area contributed by atoms with Crippen LogP contribution < -0.4 is 5.73 Å². The number of halogens is 1. The van der Waals surface area contributed by atoms with Crippen LogP contribution in [0.5, 0.6) is 0 Å². The maximum absolute atomic E-state index is 14.0. The van der Waals surface area contributed by atoms with E-state index in [1.807, 2.05) is 13.8 Å². The van der Waals surface area contributed by atoms with Gasteiger partial charge in [0, 0.05) is 11.3 Å². The number of benzene rings is 2. The van der Waals surface area contributed by atoms with Gasteiger partial charge in [-0.1, -0.05) is 6.07 Å². The first-order valence-corrected chi connectivity index (χ1v) is 6.04. The lowest BCUT2D eigenvalue weighted by atomic mass is 9.89. The minimum absolute atomic E-state index is 0.222. The quantitative estimate of drug-likeness (QED) is 0.742. The van der Waals surface area contributed by atoms with Crippen LogP contribution >= 0.6 is 0 Å². The van der Waals surface area contributed by atoms with Gasteiger partial charge in [-0.05, 0) is 73.7 Å². The summed E-state index contributed by atoms with van der Waals surface area (Å²) >= 11 is 0. The molecule has 2 aromatic rings. The Bertz CT molecular complexity index is 589. The summed E-state index contributed by atoms with van der Waals surface area (Å²) in [6, 6.07) is 6.87. The van der Waals surface area contributed by atoms with Crippen LogP contribution in [0, 0.1) is 33.5 Å². The Morgan fingerprint density at radius 1 is 0.889 bits per heavy atom. The molecular formula is C16H18FN. The summed E-state index contributed by atoms with van der Waals surface area (Å²) in [7, 11) is 0. The van der Waals surface area contributed by atoms with Crippen LogP contribution in [-0.4, -0.2) is 0 Å². The van der Waals surface area contributed by atoms with Crippen LogP contribution in [0.25, 0.3) is 11.1 Å². The number of rotatable bonds is 1. The van der Waals surface area contributed by atoms with Crippen molar-refractivity contribution < 1.29 is 4.39 Å². The normalized spacial score (nSPS) is 10.7. The van der Waals surface area contributed by atoms with E-state index >= 15 is 0 Å². The van der Waals surface area contributed by atoms with Crippen molar-refractivity contribution in [3.63, 3.8) is 0 Å². The van der Waals surface area contributed by atoms with E-state index in [-0.39, 0.29) is 5.82 Å². The number of hydrogen-bond donors (Lipinski definition) is 1. The maximum atomic E-state index is 14.0. The Balaban J connectivity index is 2.82. The highest BCUT2D eigenvalue weighted by Gasteiger charge is 2.14. The lowest BCUT2D eigenvalue weighted by Crippen LogP contribution is -1.98. The van der Waals surface area contributed by atoms with Gasteiger partial charge in [0.2, 0.25) is 0 Å². The first-order chi connectivity index (χ1) is 8.41. The number of nitrogens with two attached hydrogens (primary N) is 1. The Morgan fingerprint density at radius 2 is 1.44 bits per heavy atom.